The molecule has 6 aromatic heterocycles. The largest absolute Gasteiger partial charge is 0.492 e. The lowest BCUT2D eigenvalue weighted by Gasteiger charge is -2.09. The average molecular weight is 1510 g/mol. The van der Waals surface area contributed by atoms with Crippen LogP contribution in [0, 0.1) is 0 Å². The Morgan fingerprint density at radius 1 is 0.224 bits per heavy atom. The number of halogens is 1. The zero-order valence-corrected chi connectivity index (χ0v) is 63.0. The van der Waals surface area contributed by atoms with Crippen LogP contribution in [0.2, 0.25) is 5.28 Å². The van der Waals surface area contributed by atoms with E-state index in [1.807, 2.05) is 164 Å². The van der Waals surface area contributed by atoms with Crippen LogP contribution in [0.1, 0.15) is 0 Å². The number of hydrogen-bond donors (Lipinski definition) is 2. The number of furan rings is 2. The van der Waals surface area contributed by atoms with Gasteiger partial charge in [0.25, 0.3) is 0 Å². The van der Waals surface area contributed by atoms with Crippen LogP contribution in [0.4, 0.5) is 0 Å². The first-order chi connectivity index (χ1) is 57.3. The Morgan fingerprint density at radius 2 is 0.500 bits per heavy atom. The molecule has 0 unspecified atom stereocenters. The lowest BCUT2D eigenvalue weighted by atomic mass is 9.79. The van der Waals surface area contributed by atoms with Crippen molar-refractivity contribution in [2.75, 3.05) is 0 Å². The molecule has 0 radical (unpaired) electrons. The van der Waals surface area contributed by atoms with Crippen LogP contribution in [0.25, 0.3) is 200 Å². The Balaban J connectivity index is 0.000000126. The van der Waals surface area contributed by atoms with Crippen LogP contribution in [0.15, 0.2) is 397 Å². The van der Waals surface area contributed by atoms with Gasteiger partial charge in [0.1, 0.15) is 22.3 Å². The molecule has 0 aliphatic rings. The zero-order chi connectivity index (χ0) is 77.6. The van der Waals surface area contributed by atoms with Crippen LogP contribution >= 0.6 is 11.6 Å². The Morgan fingerprint density at radius 3 is 0.862 bits per heavy atom. The first-order valence-corrected chi connectivity index (χ1v) is 38.7. The fourth-order valence-electron chi connectivity index (χ4n) is 15.9. The minimum absolute atomic E-state index is 0.202. The summed E-state index contributed by atoms with van der Waals surface area (Å²) in [6.45, 7) is 0. The van der Waals surface area contributed by atoms with Gasteiger partial charge < -0.3 is 28.0 Å². The summed E-state index contributed by atoms with van der Waals surface area (Å²) in [5, 5.41) is 28.7. The molecule has 16 aromatic carbocycles. The smallest absolute Gasteiger partial charge is 0.456 e. The van der Waals surface area contributed by atoms with Crippen LogP contribution < -0.4 is 5.46 Å². The number of para-hydroxylation sites is 6. The molecule has 0 aliphatic heterocycles. The summed E-state index contributed by atoms with van der Waals surface area (Å²) in [5.41, 5.74) is 23.3. The molecule has 0 spiro atoms. The summed E-state index contributed by atoms with van der Waals surface area (Å²) in [6.07, 6.45) is 0. The molecular weight excluding hydrogens is 1450 g/mol. The van der Waals surface area contributed by atoms with E-state index in [9.17, 15) is 10.0 Å². The van der Waals surface area contributed by atoms with Crippen molar-refractivity contribution < 1.29 is 18.9 Å². The zero-order valence-electron chi connectivity index (χ0n) is 62.2. The topological polar surface area (TPSA) is 154 Å². The number of hydrogen-bond acceptors (Lipinski definition) is 10. The predicted octanol–water partition coefficient (Wildman–Crippen LogP) is 24.8. The van der Waals surface area contributed by atoms with Crippen molar-refractivity contribution in [2.24, 2.45) is 0 Å². The highest BCUT2D eigenvalue weighted by molar-refractivity contribution is 6.61. The van der Waals surface area contributed by atoms with Gasteiger partial charge in [-0.1, -0.05) is 309 Å². The van der Waals surface area contributed by atoms with Crippen LogP contribution in [0.5, 0.6) is 0 Å². The van der Waals surface area contributed by atoms with Crippen LogP contribution in [0.3, 0.4) is 0 Å². The minimum atomic E-state index is -1.61. The van der Waals surface area contributed by atoms with E-state index < -0.39 is 7.12 Å². The molecule has 2 N–H and O–H groups in total. The van der Waals surface area contributed by atoms with Crippen molar-refractivity contribution in [2.45, 2.75) is 0 Å². The molecule has 0 saturated heterocycles. The van der Waals surface area contributed by atoms with Crippen molar-refractivity contribution in [1.29, 1.82) is 0 Å². The monoisotopic (exact) mass is 1510 g/mol. The molecule has 14 heteroatoms. The first-order valence-electron chi connectivity index (χ1n) is 38.3. The van der Waals surface area contributed by atoms with Gasteiger partial charge in [-0.25, -0.2) is 19.9 Å². The van der Waals surface area contributed by atoms with Crippen molar-refractivity contribution >= 4 is 112 Å². The second-order valence-electron chi connectivity index (χ2n) is 28.4. The van der Waals surface area contributed by atoms with Crippen LogP contribution in [-0.2, 0) is 0 Å². The minimum Gasteiger partial charge on any atom is -0.456 e. The molecule has 0 atom stereocenters. The number of aromatic nitrogens is 8. The number of fused-ring (bicyclic) bond motifs is 12. The molecule has 0 fully saturated rings. The lowest BCUT2D eigenvalue weighted by molar-refractivity contribution is 0.425. The molecule has 116 heavy (non-hydrogen) atoms. The van der Waals surface area contributed by atoms with E-state index in [1.165, 1.54) is 38.4 Å². The summed E-state index contributed by atoms with van der Waals surface area (Å²) >= 11 is 5.99. The number of rotatable bonds is 12. The summed E-state index contributed by atoms with van der Waals surface area (Å²) in [7, 11) is -1.61. The highest BCUT2D eigenvalue weighted by Gasteiger charge is 2.25. The molecule has 6 heterocycles. The van der Waals surface area contributed by atoms with Crippen molar-refractivity contribution in [3.63, 3.8) is 0 Å². The predicted molar refractivity (Wildman–Crippen MR) is 473 cm³/mol. The molecule has 0 aliphatic carbocycles. The summed E-state index contributed by atoms with van der Waals surface area (Å²) in [5.74, 6) is 2.95. The maximum Gasteiger partial charge on any atom is 0.492 e. The Hall–Kier alpha value is -15.0. The van der Waals surface area contributed by atoms with Gasteiger partial charge >= 0.3 is 7.12 Å². The van der Waals surface area contributed by atoms with Gasteiger partial charge in [0.15, 0.2) is 29.1 Å². The Labute approximate surface area is 671 Å². The first kappa shape index (κ1) is 70.2. The molecule has 22 aromatic rings. The SMILES string of the molecule is Clc1nc(-c2ccccc2)nc(-c2ccccc2)n1.OB(O)c1cccc2c1oc1c(-c3ccc4c(c3)c3cc(-c5ccccc5)ccc3n4-c3ccccc3)cccc12.c1ccc(-c2ccc3c(c2)c2cc(-c4cccc5c4oc4c(-c6nc(-c7ccccc7)nc(-c7ccccc7)n6)cccc45)ccc2n3-c2ccccc2)cc1. The third kappa shape index (κ3) is 13.1. The molecule has 0 amide bonds. The third-order valence-electron chi connectivity index (χ3n) is 21.4. The van der Waals surface area contributed by atoms with Gasteiger partial charge in [0, 0.05) is 93.3 Å². The van der Waals surface area contributed by atoms with Crippen molar-refractivity contribution in [3.8, 4) is 113 Å². The molecular formula is C102H66BClN8O4. The van der Waals surface area contributed by atoms with Gasteiger partial charge in [0.05, 0.1) is 27.6 Å². The van der Waals surface area contributed by atoms with Gasteiger partial charge in [-0.15, -0.1) is 0 Å². The molecule has 12 nitrogen and oxygen atoms in total. The highest BCUT2D eigenvalue weighted by atomic mass is 35.5. The normalized spacial score (nSPS) is 11.4. The summed E-state index contributed by atoms with van der Waals surface area (Å²) < 4.78 is 18.0. The molecule has 0 saturated carbocycles. The Bertz CT molecular complexity index is 7300. The van der Waals surface area contributed by atoms with Gasteiger partial charge in [-0.2, -0.15) is 9.97 Å². The van der Waals surface area contributed by atoms with Gasteiger partial charge in [0.2, 0.25) is 5.28 Å². The van der Waals surface area contributed by atoms with E-state index in [0.717, 1.165) is 127 Å². The fourth-order valence-corrected chi connectivity index (χ4v) is 16.1. The quantitative estimate of drug-likeness (QED) is 0.113. The molecule has 548 valence electrons. The molecule has 22 rings (SSSR count). The van der Waals surface area contributed by atoms with E-state index in [0.29, 0.717) is 40.2 Å². The maximum atomic E-state index is 9.95. The number of benzene rings is 16. The van der Waals surface area contributed by atoms with E-state index in [2.05, 4.69) is 242 Å². The summed E-state index contributed by atoms with van der Waals surface area (Å²) in [4.78, 5) is 27.8. The van der Waals surface area contributed by atoms with Gasteiger partial charge in [-0.05, 0) is 124 Å². The average Bonchev–Trinajstić information content (AvgIpc) is 1.59. The maximum absolute atomic E-state index is 9.95. The van der Waals surface area contributed by atoms with Crippen molar-refractivity contribution in [1.82, 2.24) is 39.0 Å². The van der Waals surface area contributed by atoms with Crippen LogP contribution in [-0.4, -0.2) is 56.2 Å². The number of nitrogens with zero attached hydrogens (tertiary/aromatic N) is 8. The third-order valence-corrected chi connectivity index (χ3v) is 21.5. The fraction of sp³-hybridized carbons (Fsp3) is 0. The summed E-state index contributed by atoms with van der Waals surface area (Å²) in [6, 6.07) is 133. The van der Waals surface area contributed by atoms with E-state index >= 15 is 0 Å². The second kappa shape index (κ2) is 30.3. The Kier molecular flexibility index (Phi) is 18.3. The van der Waals surface area contributed by atoms with Crippen molar-refractivity contribution in [3.05, 3.63) is 394 Å². The van der Waals surface area contributed by atoms with E-state index in [4.69, 9.17) is 35.4 Å². The van der Waals surface area contributed by atoms with E-state index in [-0.39, 0.29) is 5.28 Å². The van der Waals surface area contributed by atoms with E-state index in [1.54, 1.807) is 6.07 Å². The molecule has 0 bridgehead atoms. The standard InChI is InChI=1S/C51H32N4O.C36H24BNO3.C15H10ClN3/c1-5-15-33(16-6-1)36-27-29-45-43(31-36)44-32-37(28-30-46(44)55(45)38-21-11-4-12-22-38)39-23-13-24-40-41-25-14-26-42(48(41)56-47(39)40)51-53-49(34-17-7-2-8-18-34)52-50(54-51)35-19-9-3-10-20-35;39-37(40)32-16-8-15-29-28-14-7-13-27(35(28)41-36(29)32)25-18-20-34-31(22-25)30-21-24(23-9-3-1-4-10-23)17-19-33(30)38(34)26-11-5-2-6-12-26;16-15-18-13(11-7-3-1-4-8-11)17-14(19-15)12-9-5-2-6-10-12/h1-32H;1-22,39-40H;1-10H. The highest BCUT2D eigenvalue weighted by Crippen LogP contribution is 2.45. The second-order valence-corrected chi connectivity index (χ2v) is 28.7. The van der Waals surface area contributed by atoms with Gasteiger partial charge in [-0.3, -0.25) is 0 Å². The lowest BCUT2D eigenvalue weighted by Crippen LogP contribution is -2.29.